The summed E-state index contributed by atoms with van der Waals surface area (Å²) in [5.41, 5.74) is 0. The number of sulfonamides is 1. The fraction of sp³-hybridized carbons (Fsp3) is 0.400. The molecule has 1 N–H and O–H groups in total. The van der Waals surface area contributed by atoms with E-state index in [1.54, 1.807) is 24.3 Å². The zero-order valence-corrected chi connectivity index (χ0v) is 12.8. The molecule has 0 aliphatic heterocycles. The molecule has 90 valence electrons. The zero-order valence-electron chi connectivity index (χ0n) is 8.78. The molecule has 0 aliphatic carbocycles. The lowest BCUT2D eigenvalue weighted by atomic mass is 10.3. The Morgan fingerprint density at radius 3 is 2.31 bits per heavy atom. The van der Waals surface area contributed by atoms with E-state index in [4.69, 9.17) is 0 Å². The smallest absolute Gasteiger partial charge is 0.207 e. The maximum Gasteiger partial charge on any atom is 0.240 e. The third-order valence-corrected chi connectivity index (χ3v) is 4.97. The molecule has 0 aliphatic rings. The lowest BCUT2D eigenvalue weighted by molar-refractivity contribution is 0.559. The summed E-state index contributed by atoms with van der Waals surface area (Å²) in [7, 11) is -3.40. The van der Waals surface area contributed by atoms with Crippen LogP contribution in [-0.2, 0) is 10.0 Å². The van der Waals surface area contributed by atoms with Gasteiger partial charge in [0, 0.05) is 15.8 Å². The summed E-state index contributed by atoms with van der Waals surface area (Å²) < 4.78 is 27.3. The van der Waals surface area contributed by atoms with Gasteiger partial charge in [-0.25, -0.2) is 13.1 Å². The molecule has 1 unspecified atom stereocenters. The van der Waals surface area contributed by atoms with Crippen molar-refractivity contribution in [2.45, 2.75) is 24.3 Å². The van der Waals surface area contributed by atoms with Crippen molar-refractivity contribution in [3.8, 4) is 0 Å². The number of hydrogen-bond donors (Lipinski definition) is 1. The average molecular weight is 371 g/mol. The Morgan fingerprint density at radius 2 is 1.88 bits per heavy atom. The topological polar surface area (TPSA) is 46.2 Å². The number of alkyl halides is 1. The predicted molar refractivity (Wildman–Crippen MR) is 72.3 cm³/mol. The first-order valence-corrected chi connectivity index (χ1v) is 8.23. The van der Waals surface area contributed by atoms with Crippen molar-refractivity contribution in [2.24, 2.45) is 0 Å². The Kier molecular flexibility index (Phi) is 5.43. The molecule has 0 bridgehead atoms. The number of nitrogens with one attached hydrogen (secondary N) is 1. The third-order valence-electron chi connectivity index (χ3n) is 2.12. The molecule has 0 spiro atoms. The molecule has 1 aromatic carbocycles. The van der Waals surface area contributed by atoms with E-state index in [9.17, 15) is 8.42 Å². The van der Waals surface area contributed by atoms with Crippen LogP contribution >= 0.6 is 31.9 Å². The quantitative estimate of drug-likeness (QED) is 0.810. The minimum atomic E-state index is -3.40. The summed E-state index contributed by atoms with van der Waals surface area (Å²) in [6.07, 6.45) is 0.751. The number of halogens is 2. The molecule has 1 atom stereocenters. The minimum Gasteiger partial charge on any atom is -0.207 e. The summed E-state index contributed by atoms with van der Waals surface area (Å²) in [4.78, 5) is 0.287. The van der Waals surface area contributed by atoms with Crippen LogP contribution in [-0.4, -0.2) is 19.8 Å². The Bertz CT molecular complexity index is 427. The van der Waals surface area contributed by atoms with Crippen LogP contribution in [0.3, 0.4) is 0 Å². The third kappa shape index (κ3) is 3.84. The molecule has 6 heteroatoms. The summed E-state index contributed by atoms with van der Waals surface area (Å²) >= 11 is 6.55. The molecular weight excluding hydrogens is 358 g/mol. The molecule has 0 aromatic heterocycles. The second-order valence-corrected chi connectivity index (χ2v) is 6.61. The highest BCUT2D eigenvalue weighted by molar-refractivity contribution is 9.10. The van der Waals surface area contributed by atoms with Crippen molar-refractivity contribution in [2.75, 3.05) is 5.33 Å². The Balaban J connectivity index is 2.89. The largest absolute Gasteiger partial charge is 0.240 e. The molecule has 0 amide bonds. The minimum absolute atomic E-state index is 0.0753. The first kappa shape index (κ1) is 14.2. The van der Waals surface area contributed by atoms with Gasteiger partial charge in [-0.3, -0.25) is 0 Å². The van der Waals surface area contributed by atoms with Crippen molar-refractivity contribution in [3.63, 3.8) is 0 Å². The molecule has 0 radical (unpaired) electrons. The van der Waals surface area contributed by atoms with Gasteiger partial charge in [-0.2, -0.15) is 0 Å². The summed E-state index contributed by atoms with van der Waals surface area (Å²) in [5, 5.41) is 0.610. The first-order valence-electron chi connectivity index (χ1n) is 4.83. The van der Waals surface area contributed by atoms with Gasteiger partial charge in [-0.1, -0.05) is 38.8 Å². The Hall–Kier alpha value is 0.0900. The fourth-order valence-corrected chi connectivity index (χ4v) is 3.54. The van der Waals surface area contributed by atoms with Crippen LogP contribution in [0.5, 0.6) is 0 Å². The highest BCUT2D eigenvalue weighted by atomic mass is 79.9. The monoisotopic (exact) mass is 369 g/mol. The van der Waals surface area contributed by atoms with Gasteiger partial charge in [0.25, 0.3) is 0 Å². The average Bonchev–Trinajstić information content (AvgIpc) is 2.26. The van der Waals surface area contributed by atoms with Gasteiger partial charge in [-0.15, -0.1) is 0 Å². The van der Waals surface area contributed by atoms with E-state index >= 15 is 0 Å². The van der Waals surface area contributed by atoms with E-state index < -0.39 is 10.0 Å². The van der Waals surface area contributed by atoms with Gasteiger partial charge in [0.1, 0.15) is 0 Å². The molecule has 1 aromatic rings. The van der Waals surface area contributed by atoms with Crippen molar-refractivity contribution in [1.82, 2.24) is 4.72 Å². The van der Waals surface area contributed by atoms with Crippen molar-refractivity contribution < 1.29 is 8.42 Å². The molecule has 0 fully saturated rings. The van der Waals surface area contributed by atoms with E-state index in [1.807, 2.05) is 6.92 Å². The Labute approximate surface area is 113 Å². The van der Waals surface area contributed by atoms with Crippen LogP contribution in [0.2, 0.25) is 0 Å². The lowest BCUT2D eigenvalue weighted by Gasteiger charge is -2.14. The molecule has 0 saturated heterocycles. The van der Waals surface area contributed by atoms with Gasteiger partial charge in [0.15, 0.2) is 0 Å². The highest BCUT2D eigenvalue weighted by Gasteiger charge is 2.17. The van der Waals surface area contributed by atoms with Gasteiger partial charge >= 0.3 is 0 Å². The van der Waals surface area contributed by atoms with Gasteiger partial charge in [0.05, 0.1) is 4.90 Å². The van der Waals surface area contributed by atoms with Gasteiger partial charge in [0.2, 0.25) is 10.0 Å². The normalized spacial score (nSPS) is 13.7. The molecular formula is C10H13Br2NO2S. The van der Waals surface area contributed by atoms with E-state index in [1.165, 1.54) is 0 Å². The van der Waals surface area contributed by atoms with Crippen molar-refractivity contribution >= 4 is 41.9 Å². The van der Waals surface area contributed by atoms with E-state index in [0.717, 1.165) is 10.9 Å². The van der Waals surface area contributed by atoms with Crippen molar-refractivity contribution in [3.05, 3.63) is 28.7 Å². The molecule has 16 heavy (non-hydrogen) atoms. The van der Waals surface area contributed by atoms with E-state index in [0.29, 0.717) is 5.33 Å². The van der Waals surface area contributed by atoms with Crippen LogP contribution < -0.4 is 4.72 Å². The predicted octanol–water partition coefficient (Wildman–Crippen LogP) is 2.90. The molecule has 0 saturated carbocycles. The maximum atomic E-state index is 11.9. The van der Waals surface area contributed by atoms with E-state index in [2.05, 4.69) is 36.6 Å². The second-order valence-electron chi connectivity index (χ2n) is 3.33. The number of benzene rings is 1. The second kappa shape index (κ2) is 6.14. The zero-order chi connectivity index (χ0) is 12.2. The van der Waals surface area contributed by atoms with Crippen LogP contribution in [0.25, 0.3) is 0 Å². The van der Waals surface area contributed by atoms with Gasteiger partial charge in [-0.05, 0) is 30.7 Å². The SMILES string of the molecule is CCC(CBr)NS(=O)(=O)c1ccc(Br)cc1. The summed E-state index contributed by atoms with van der Waals surface area (Å²) in [6.45, 7) is 1.94. The first-order chi connectivity index (χ1) is 7.49. The molecule has 3 nitrogen and oxygen atoms in total. The summed E-state index contributed by atoms with van der Waals surface area (Å²) in [5.74, 6) is 0. The molecule has 1 rings (SSSR count). The van der Waals surface area contributed by atoms with Gasteiger partial charge < -0.3 is 0 Å². The molecule has 0 heterocycles. The number of hydrogen-bond acceptors (Lipinski definition) is 2. The maximum absolute atomic E-state index is 11.9. The van der Waals surface area contributed by atoms with Crippen LogP contribution in [0.15, 0.2) is 33.6 Å². The van der Waals surface area contributed by atoms with Crippen molar-refractivity contribution in [1.29, 1.82) is 0 Å². The van der Waals surface area contributed by atoms with Crippen LogP contribution in [0.1, 0.15) is 13.3 Å². The van der Waals surface area contributed by atoms with Crippen LogP contribution in [0.4, 0.5) is 0 Å². The summed E-state index contributed by atoms with van der Waals surface area (Å²) in [6, 6.07) is 6.50. The lowest BCUT2D eigenvalue weighted by Crippen LogP contribution is -2.35. The Morgan fingerprint density at radius 1 is 1.31 bits per heavy atom. The number of rotatable bonds is 5. The van der Waals surface area contributed by atoms with E-state index in [-0.39, 0.29) is 10.9 Å². The highest BCUT2D eigenvalue weighted by Crippen LogP contribution is 2.15. The van der Waals surface area contributed by atoms with Crippen LogP contribution in [0, 0.1) is 0 Å². The fourth-order valence-electron chi connectivity index (χ4n) is 1.13. The standard InChI is InChI=1S/C10H13Br2NO2S/c1-2-9(7-11)13-16(14,15)10-5-3-8(12)4-6-10/h3-6,9,13H,2,7H2,1H3.